The maximum absolute atomic E-state index is 11.8. The molecule has 0 amide bonds. The summed E-state index contributed by atoms with van der Waals surface area (Å²) < 4.78 is 15.5. The lowest BCUT2D eigenvalue weighted by Gasteiger charge is -2.24. The Hall–Kier alpha value is -0.550. The van der Waals surface area contributed by atoms with Crippen molar-refractivity contribution in [2.24, 2.45) is 5.41 Å². The highest BCUT2D eigenvalue weighted by Crippen LogP contribution is 2.42. The first kappa shape index (κ1) is 22.4. The first-order valence-electron chi connectivity index (χ1n) is 8.00. The van der Waals surface area contributed by atoms with Crippen LogP contribution in [0.2, 0.25) is 0 Å². The van der Waals surface area contributed by atoms with Crippen molar-refractivity contribution in [3.63, 3.8) is 0 Å². The van der Waals surface area contributed by atoms with Gasteiger partial charge in [-0.2, -0.15) is 0 Å². The number of hydrogen-bond donors (Lipinski definition) is 2. The Morgan fingerprint density at radius 3 is 1.70 bits per heavy atom. The number of carbonyl (C=O) groups is 2. The smallest absolute Gasteiger partial charge is 0.303 e. The SMILES string of the molecule is CC(C)(C)CCC(=O)CCCC(=O)CCC(C)(C)OP(=O)(O)O. The number of hydrogen-bond acceptors (Lipinski definition) is 4. The van der Waals surface area contributed by atoms with Crippen molar-refractivity contribution >= 4 is 19.4 Å². The average molecular weight is 350 g/mol. The molecule has 0 aliphatic heterocycles. The van der Waals surface area contributed by atoms with Crippen LogP contribution in [0.3, 0.4) is 0 Å². The van der Waals surface area contributed by atoms with Crippen LogP contribution in [-0.4, -0.2) is 27.0 Å². The zero-order chi connectivity index (χ0) is 18.3. The summed E-state index contributed by atoms with van der Waals surface area (Å²) in [4.78, 5) is 41.1. The first-order valence-corrected chi connectivity index (χ1v) is 9.53. The molecule has 0 fully saturated rings. The largest absolute Gasteiger partial charge is 0.470 e. The molecule has 0 aromatic rings. The third-order valence-corrected chi connectivity index (χ3v) is 4.17. The fourth-order valence-corrected chi connectivity index (χ4v) is 2.79. The second kappa shape index (κ2) is 9.07. The fourth-order valence-electron chi connectivity index (χ4n) is 2.06. The molecule has 136 valence electrons. The molecule has 6 nitrogen and oxygen atoms in total. The molecule has 0 spiro atoms. The molecule has 0 radical (unpaired) electrons. The number of Topliss-reactive ketones (excluding diaryl/α,β-unsaturated/α-hetero) is 2. The summed E-state index contributed by atoms with van der Waals surface area (Å²) >= 11 is 0. The third kappa shape index (κ3) is 14.8. The molecule has 0 atom stereocenters. The fraction of sp³-hybridized carbons (Fsp3) is 0.875. The van der Waals surface area contributed by atoms with E-state index < -0.39 is 13.4 Å². The summed E-state index contributed by atoms with van der Waals surface area (Å²) in [6, 6.07) is 0. The van der Waals surface area contributed by atoms with E-state index in [1.165, 1.54) is 13.8 Å². The molecule has 0 saturated carbocycles. The minimum absolute atomic E-state index is 0.0176. The molecule has 0 aromatic heterocycles. The summed E-state index contributed by atoms with van der Waals surface area (Å²) in [5.74, 6) is 0.161. The molecule has 0 aromatic carbocycles. The van der Waals surface area contributed by atoms with Crippen LogP contribution in [-0.2, 0) is 18.7 Å². The van der Waals surface area contributed by atoms with E-state index in [0.717, 1.165) is 6.42 Å². The van der Waals surface area contributed by atoms with Crippen LogP contribution in [0.1, 0.15) is 79.6 Å². The molecular weight excluding hydrogens is 319 g/mol. The molecule has 0 unspecified atom stereocenters. The van der Waals surface area contributed by atoms with E-state index in [1.54, 1.807) is 0 Å². The predicted octanol–water partition coefficient (Wildman–Crippen LogP) is 3.79. The predicted molar refractivity (Wildman–Crippen MR) is 89.0 cm³/mol. The Kier molecular flexibility index (Phi) is 8.85. The Morgan fingerprint density at radius 1 is 0.870 bits per heavy atom. The zero-order valence-electron chi connectivity index (χ0n) is 14.9. The topological polar surface area (TPSA) is 101 Å². The first-order chi connectivity index (χ1) is 10.2. The molecule has 2 N–H and O–H groups in total. The van der Waals surface area contributed by atoms with Gasteiger partial charge >= 0.3 is 7.82 Å². The summed E-state index contributed by atoms with van der Waals surface area (Å²) in [7, 11) is -4.56. The van der Waals surface area contributed by atoms with E-state index in [-0.39, 0.29) is 29.8 Å². The van der Waals surface area contributed by atoms with Crippen molar-refractivity contribution in [1.82, 2.24) is 0 Å². The Labute approximate surface area is 139 Å². The van der Waals surface area contributed by atoms with Gasteiger partial charge in [-0.05, 0) is 38.5 Å². The van der Waals surface area contributed by atoms with Gasteiger partial charge in [0.05, 0.1) is 5.60 Å². The van der Waals surface area contributed by atoms with Gasteiger partial charge in [0.15, 0.2) is 0 Å². The Balaban J connectivity index is 3.96. The van der Waals surface area contributed by atoms with Gasteiger partial charge in [0, 0.05) is 25.7 Å². The van der Waals surface area contributed by atoms with Gasteiger partial charge in [-0.1, -0.05) is 20.8 Å². The maximum Gasteiger partial charge on any atom is 0.470 e. The second-order valence-corrected chi connectivity index (χ2v) is 9.00. The third-order valence-electron chi connectivity index (χ3n) is 3.44. The molecule has 0 bridgehead atoms. The quantitative estimate of drug-likeness (QED) is 0.550. The Morgan fingerprint density at radius 2 is 1.30 bits per heavy atom. The van der Waals surface area contributed by atoms with Crippen molar-refractivity contribution < 1.29 is 28.5 Å². The maximum atomic E-state index is 11.8. The van der Waals surface area contributed by atoms with Gasteiger partial charge in [0.2, 0.25) is 0 Å². The van der Waals surface area contributed by atoms with Crippen LogP contribution >= 0.6 is 7.82 Å². The molecule has 0 rings (SSSR count). The summed E-state index contributed by atoms with van der Waals surface area (Å²) in [5, 5.41) is 0. The van der Waals surface area contributed by atoms with Crippen LogP contribution in [0.25, 0.3) is 0 Å². The highest BCUT2D eigenvalue weighted by molar-refractivity contribution is 7.46. The summed E-state index contributed by atoms with van der Waals surface area (Å²) in [6.07, 6.45) is 3.05. The van der Waals surface area contributed by atoms with Crippen molar-refractivity contribution in [2.45, 2.75) is 85.2 Å². The average Bonchev–Trinajstić information content (AvgIpc) is 2.30. The number of rotatable bonds is 11. The van der Waals surface area contributed by atoms with Crippen LogP contribution in [0.5, 0.6) is 0 Å². The van der Waals surface area contributed by atoms with Gasteiger partial charge in [-0.25, -0.2) is 4.57 Å². The number of phosphoric ester groups is 1. The number of ketones is 2. The molecule has 0 aliphatic carbocycles. The molecule has 23 heavy (non-hydrogen) atoms. The van der Waals surface area contributed by atoms with E-state index in [1.807, 2.05) is 0 Å². The van der Waals surface area contributed by atoms with Crippen LogP contribution in [0.4, 0.5) is 0 Å². The second-order valence-electron chi connectivity index (χ2n) is 7.83. The van der Waals surface area contributed by atoms with E-state index in [2.05, 4.69) is 25.3 Å². The van der Waals surface area contributed by atoms with Crippen LogP contribution < -0.4 is 0 Å². The number of phosphoric acid groups is 1. The molecule has 0 saturated heterocycles. The minimum Gasteiger partial charge on any atom is -0.303 e. The van der Waals surface area contributed by atoms with Crippen molar-refractivity contribution in [2.75, 3.05) is 0 Å². The van der Waals surface area contributed by atoms with E-state index >= 15 is 0 Å². The summed E-state index contributed by atoms with van der Waals surface area (Å²) in [6.45, 7) is 9.34. The van der Waals surface area contributed by atoms with E-state index in [9.17, 15) is 14.2 Å². The number of carbonyl (C=O) groups excluding carboxylic acids is 2. The lowest BCUT2D eigenvalue weighted by atomic mass is 9.89. The van der Waals surface area contributed by atoms with Gasteiger partial charge in [0.25, 0.3) is 0 Å². The highest BCUT2D eigenvalue weighted by Gasteiger charge is 2.29. The van der Waals surface area contributed by atoms with Gasteiger partial charge < -0.3 is 9.79 Å². The van der Waals surface area contributed by atoms with Crippen LogP contribution in [0.15, 0.2) is 0 Å². The van der Waals surface area contributed by atoms with Crippen LogP contribution in [0, 0.1) is 5.41 Å². The molecule has 0 aliphatic rings. The van der Waals surface area contributed by atoms with Crippen molar-refractivity contribution in [1.29, 1.82) is 0 Å². The molecular formula is C16H31O6P. The normalized spacial score (nSPS) is 13.2. The van der Waals surface area contributed by atoms with Crippen molar-refractivity contribution in [3.05, 3.63) is 0 Å². The van der Waals surface area contributed by atoms with E-state index in [4.69, 9.17) is 9.79 Å². The summed E-state index contributed by atoms with van der Waals surface area (Å²) in [5.41, 5.74) is -0.923. The Bertz CT molecular complexity index is 444. The lowest BCUT2D eigenvalue weighted by molar-refractivity contribution is -0.121. The standard InChI is InChI=1S/C16H31O6P/c1-15(2,3)11-9-13(17)7-6-8-14(18)10-12-16(4,5)22-23(19,20)21/h6-12H2,1-5H3,(H2,19,20,21). The van der Waals surface area contributed by atoms with Gasteiger partial charge in [-0.3, -0.25) is 14.1 Å². The lowest BCUT2D eigenvalue weighted by Crippen LogP contribution is -2.24. The highest BCUT2D eigenvalue weighted by atomic mass is 31.2. The monoisotopic (exact) mass is 350 g/mol. The molecule has 7 heteroatoms. The van der Waals surface area contributed by atoms with Crippen molar-refractivity contribution in [3.8, 4) is 0 Å². The van der Waals surface area contributed by atoms with Gasteiger partial charge in [-0.15, -0.1) is 0 Å². The molecule has 0 heterocycles. The van der Waals surface area contributed by atoms with E-state index in [0.29, 0.717) is 25.7 Å². The van der Waals surface area contributed by atoms with Gasteiger partial charge in [0.1, 0.15) is 11.6 Å². The minimum atomic E-state index is -4.56. The zero-order valence-corrected chi connectivity index (χ0v) is 15.8.